The van der Waals surface area contributed by atoms with E-state index >= 15 is 0 Å². The van der Waals surface area contributed by atoms with Gasteiger partial charge in [-0.25, -0.2) is 19.2 Å². The smallest absolute Gasteiger partial charge is 0.338 e. The second-order valence-electron chi connectivity index (χ2n) is 9.52. The summed E-state index contributed by atoms with van der Waals surface area (Å²) in [5.74, 6) is -3.59. The predicted molar refractivity (Wildman–Crippen MR) is 162 cm³/mol. The van der Waals surface area contributed by atoms with Crippen LogP contribution < -0.4 is 0 Å². The van der Waals surface area contributed by atoms with E-state index in [2.05, 4.69) is 0 Å². The summed E-state index contributed by atoms with van der Waals surface area (Å²) in [7, 11) is 3.30. The molecule has 0 bridgehead atoms. The van der Waals surface area contributed by atoms with E-state index < -0.39 is 23.9 Å². The Hall–Kier alpha value is -4.74. The Morgan fingerprint density at radius 2 is 0.795 bits per heavy atom. The largest absolute Gasteiger partial charge is 0.478 e. The lowest BCUT2D eigenvalue weighted by atomic mass is 10.0. The monoisotopic (exact) mass is 614 g/mol. The first-order chi connectivity index (χ1) is 20.8. The molecular weight excluding hydrogens is 572 g/mol. The number of carbonyl (C=O) groups is 6. The number of aromatic carboxylic acids is 1. The van der Waals surface area contributed by atoms with Crippen LogP contribution in [-0.4, -0.2) is 97.6 Å². The Kier molecular flexibility index (Phi) is 15.9. The molecule has 1 N–H and O–H groups in total. The van der Waals surface area contributed by atoms with Gasteiger partial charge in [-0.3, -0.25) is 9.59 Å². The normalized spacial score (nSPS) is 10.1. The molecule has 2 aromatic rings. The highest BCUT2D eigenvalue weighted by molar-refractivity contribution is 6.03. The molecule has 0 heterocycles. The Morgan fingerprint density at radius 3 is 1.07 bits per heavy atom. The molecule has 0 saturated carbocycles. The molecule has 0 unspecified atom stereocenters. The number of carboxylic acids is 1. The van der Waals surface area contributed by atoms with Gasteiger partial charge in [0.25, 0.3) is 11.8 Å². The molecule has 0 fully saturated rings. The third kappa shape index (κ3) is 11.2. The molecule has 0 aliphatic carbocycles. The summed E-state index contributed by atoms with van der Waals surface area (Å²) < 4.78 is 14.7. The van der Waals surface area contributed by atoms with Crippen molar-refractivity contribution in [3.05, 3.63) is 69.8 Å². The minimum absolute atomic E-state index is 0.0602. The van der Waals surface area contributed by atoms with Crippen molar-refractivity contribution >= 4 is 35.7 Å². The van der Waals surface area contributed by atoms with Gasteiger partial charge in [-0.05, 0) is 70.0 Å². The highest BCUT2D eigenvalue weighted by Gasteiger charge is 2.20. The van der Waals surface area contributed by atoms with Crippen LogP contribution in [0.25, 0.3) is 0 Å². The quantitative estimate of drug-likeness (QED) is 0.250. The average molecular weight is 615 g/mol. The van der Waals surface area contributed by atoms with Crippen molar-refractivity contribution in [1.29, 1.82) is 0 Å². The van der Waals surface area contributed by atoms with Crippen LogP contribution in [0.5, 0.6) is 0 Å². The second-order valence-corrected chi connectivity index (χ2v) is 9.52. The van der Waals surface area contributed by atoms with Crippen molar-refractivity contribution in [2.24, 2.45) is 0 Å². The van der Waals surface area contributed by atoms with Crippen molar-refractivity contribution < 1.29 is 48.1 Å². The molecular formula is C32H42N2O10. The summed E-state index contributed by atoms with van der Waals surface area (Å²) in [6.07, 6.45) is 1.59. The Labute approximate surface area is 257 Å². The number of nitrogens with zero attached hydrogens (tertiary/aromatic N) is 2. The number of esters is 3. The van der Waals surface area contributed by atoms with E-state index in [4.69, 9.17) is 19.3 Å². The van der Waals surface area contributed by atoms with Gasteiger partial charge in [0, 0.05) is 38.3 Å². The summed E-state index contributed by atoms with van der Waals surface area (Å²) in [6.45, 7) is 10.6. The standard InChI is InChI=1S/C17H23NO5.C15H19NO5/c1-5-8-18(4)15(19)12-9-13(16(20)22-6-2)11-14(10-12)17(21)23-7-3;1-4-6-16(3)13(17)10-7-11(14(18)19)9-12(8-10)15(20)21-5-2/h9-11H,5-8H2,1-4H3;7-9H,4-6H2,1-3H3,(H,18,19). The van der Waals surface area contributed by atoms with Crippen LogP contribution in [0.4, 0.5) is 0 Å². The average Bonchev–Trinajstić information content (AvgIpc) is 3.00. The van der Waals surface area contributed by atoms with Crippen molar-refractivity contribution in [2.45, 2.75) is 47.5 Å². The molecule has 240 valence electrons. The van der Waals surface area contributed by atoms with E-state index in [1.807, 2.05) is 13.8 Å². The molecule has 0 radical (unpaired) electrons. The summed E-state index contributed by atoms with van der Waals surface area (Å²) in [4.78, 5) is 74.4. The lowest BCUT2D eigenvalue weighted by Crippen LogP contribution is -2.28. The molecule has 0 aromatic heterocycles. The summed E-state index contributed by atoms with van der Waals surface area (Å²) in [6, 6.07) is 8.09. The Morgan fingerprint density at radius 1 is 0.523 bits per heavy atom. The van der Waals surface area contributed by atoms with Crippen LogP contribution in [0.1, 0.15) is 110 Å². The number of carbonyl (C=O) groups excluding carboxylic acids is 5. The first-order valence-corrected chi connectivity index (χ1v) is 14.4. The number of benzene rings is 2. The highest BCUT2D eigenvalue weighted by atomic mass is 16.5. The Bertz CT molecular complexity index is 1300. The van der Waals surface area contributed by atoms with Crippen LogP contribution in [0.3, 0.4) is 0 Å². The van der Waals surface area contributed by atoms with Crippen LogP contribution in [0.2, 0.25) is 0 Å². The zero-order chi connectivity index (χ0) is 33.4. The number of rotatable bonds is 13. The second kappa shape index (κ2) is 18.7. The molecule has 44 heavy (non-hydrogen) atoms. The van der Waals surface area contributed by atoms with E-state index in [-0.39, 0.29) is 65.0 Å². The van der Waals surface area contributed by atoms with Crippen molar-refractivity contribution in [2.75, 3.05) is 47.0 Å². The van der Waals surface area contributed by atoms with Gasteiger partial charge in [0.15, 0.2) is 0 Å². The zero-order valence-corrected chi connectivity index (χ0v) is 26.4. The molecule has 2 aromatic carbocycles. The number of hydrogen-bond acceptors (Lipinski definition) is 9. The minimum Gasteiger partial charge on any atom is -0.478 e. The molecule has 2 rings (SSSR count). The van der Waals surface area contributed by atoms with Crippen LogP contribution >= 0.6 is 0 Å². The maximum Gasteiger partial charge on any atom is 0.338 e. The summed E-state index contributed by atoms with van der Waals surface area (Å²) >= 11 is 0. The molecule has 0 aliphatic heterocycles. The van der Waals surface area contributed by atoms with Gasteiger partial charge in [0.05, 0.1) is 42.1 Å². The fourth-order valence-electron chi connectivity index (χ4n) is 3.94. The van der Waals surface area contributed by atoms with E-state index in [0.717, 1.165) is 12.8 Å². The van der Waals surface area contributed by atoms with Crippen molar-refractivity contribution in [1.82, 2.24) is 9.80 Å². The first-order valence-electron chi connectivity index (χ1n) is 14.4. The number of ether oxygens (including phenoxy) is 3. The maximum absolute atomic E-state index is 12.4. The predicted octanol–water partition coefficient (Wildman–Crippen LogP) is 4.57. The van der Waals surface area contributed by atoms with Gasteiger partial charge in [-0.1, -0.05) is 13.8 Å². The van der Waals surface area contributed by atoms with Crippen LogP contribution in [0, 0.1) is 0 Å². The third-order valence-electron chi connectivity index (χ3n) is 5.95. The topological polar surface area (TPSA) is 157 Å². The zero-order valence-electron chi connectivity index (χ0n) is 26.4. The molecule has 0 aliphatic rings. The van der Waals surface area contributed by atoms with Gasteiger partial charge in [-0.2, -0.15) is 0 Å². The summed E-state index contributed by atoms with van der Waals surface area (Å²) in [5.41, 5.74) is 0.679. The SMILES string of the molecule is CCCN(C)C(=O)c1cc(C(=O)O)cc(C(=O)OCC)c1.CCCN(C)C(=O)c1cc(C(=O)OCC)cc(C(=O)OCC)c1. The van der Waals surface area contributed by atoms with Gasteiger partial charge in [0.2, 0.25) is 0 Å². The Balaban J connectivity index is 0.000000442. The van der Waals surface area contributed by atoms with Gasteiger partial charge in [-0.15, -0.1) is 0 Å². The number of carboxylic acid groups (broad SMARTS) is 1. The third-order valence-corrected chi connectivity index (χ3v) is 5.95. The molecule has 2 amide bonds. The van der Waals surface area contributed by atoms with Crippen LogP contribution in [0.15, 0.2) is 36.4 Å². The van der Waals surface area contributed by atoms with E-state index in [1.54, 1.807) is 39.8 Å². The molecule has 12 nitrogen and oxygen atoms in total. The van der Waals surface area contributed by atoms with Crippen molar-refractivity contribution in [3.8, 4) is 0 Å². The number of amides is 2. The van der Waals surface area contributed by atoms with Gasteiger partial charge < -0.3 is 29.1 Å². The fourth-order valence-corrected chi connectivity index (χ4v) is 3.94. The number of hydrogen-bond donors (Lipinski definition) is 1. The molecule has 0 atom stereocenters. The summed E-state index contributed by atoms with van der Waals surface area (Å²) in [5, 5.41) is 9.09. The highest BCUT2D eigenvalue weighted by Crippen LogP contribution is 2.16. The lowest BCUT2D eigenvalue weighted by Gasteiger charge is -2.17. The molecule has 12 heteroatoms. The first kappa shape index (κ1) is 37.3. The fraction of sp³-hybridized carbons (Fsp3) is 0.438. The minimum atomic E-state index is -1.20. The van der Waals surface area contributed by atoms with Gasteiger partial charge in [0.1, 0.15) is 0 Å². The van der Waals surface area contributed by atoms with Crippen LogP contribution in [-0.2, 0) is 14.2 Å². The molecule has 0 saturated heterocycles. The van der Waals surface area contributed by atoms with Crippen molar-refractivity contribution in [3.63, 3.8) is 0 Å². The maximum atomic E-state index is 12.4. The van der Waals surface area contributed by atoms with E-state index in [1.165, 1.54) is 41.3 Å². The van der Waals surface area contributed by atoms with Gasteiger partial charge >= 0.3 is 23.9 Å². The van der Waals surface area contributed by atoms with E-state index in [9.17, 15) is 28.8 Å². The molecule has 0 spiro atoms. The lowest BCUT2D eigenvalue weighted by molar-refractivity contribution is 0.0511. The van der Waals surface area contributed by atoms with E-state index in [0.29, 0.717) is 13.1 Å².